The lowest BCUT2D eigenvalue weighted by atomic mass is 9.77. The second-order valence-corrected chi connectivity index (χ2v) is 8.16. The second-order valence-electron chi connectivity index (χ2n) is 7.78. The summed E-state index contributed by atoms with van der Waals surface area (Å²) in [6.07, 6.45) is 5.15. The Kier molecular flexibility index (Phi) is 5.92. The molecule has 0 saturated heterocycles. The van der Waals surface area contributed by atoms with Gasteiger partial charge in [0.25, 0.3) is 5.91 Å². The molecule has 1 heterocycles. The van der Waals surface area contributed by atoms with Gasteiger partial charge in [0.05, 0.1) is 23.3 Å². The highest BCUT2D eigenvalue weighted by Crippen LogP contribution is 2.33. The van der Waals surface area contributed by atoms with Crippen LogP contribution in [-0.4, -0.2) is 34.2 Å². The molecule has 0 spiro atoms. The van der Waals surface area contributed by atoms with Crippen LogP contribution in [0.3, 0.4) is 0 Å². The van der Waals surface area contributed by atoms with Crippen LogP contribution in [0.25, 0.3) is 10.9 Å². The maximum Gasteiger partial charge on any atom is 0.253 e. The van der Waals surface area contributed by atoms with Crippen LogP contribution in [0.4, 0.5) is 0 Å². The van der Waals surface area contributed by atoms with Crippen molar-refractivity contribution < 1.29 is 14.6 Å². The highest BCUT2D eigenvalue weighted by Gasteiger charge is 2.31. The van der Waals surface area contributed by atoms with E-state index in [0.29, 0.717) is 28.5 Å². The molecule has 6 heteroatoms. The number of carbonyl (C=O) groups is 1. The van der Waals surface area contributed by atoms with E-state index in [9.17, 15) is 9.90 Å². The molecule has 1 fully saturated rings. The fraction of sp³-hybridized carbons (Fsp3) is 0.524. The van der Waals surface area contributed by atoms with E-state index in [4.69, 9.17) is 16.3 Å². The molecular formula is C21H27ClN2O3. The number of hydrogen-bond acceptors (Lipinski definition) is 4. The van der Waals surface area contributed by atoms with Crippen LogP contribution >= 0.6 is 11.6 Å². The molecule has 1 aliphatic rings. The van der Waals surface area contributed by atoms with Gasteiger partial charge in [-0.1, -0.05) is 11.6 Å². The minimum atomic E-state index is -0.656. The van der Waals surface area contributed by atoms with Crippen LogP contribution in [-0.2, 0) is 0 Å². The Balaban J connectivity index is 1.69. The van der Waals surface area contributed by atoms with Crippen LogP contribution in [0.2, 0.25) is 5.02 Å². The van der Waals surface area contributed by atoms with E-state index in [0.717, 1.165) is 31.1 Å². The summed E-state index contributed by atoms with van der Waals surface area (Å²) in [6, 6.07) is 5.61. The van der Waals surface area contributed by atoms with E-state index < -0.39 is 5.60 Å². The maximum atomic E-state index is 12.6. The number of fused-ring (bicyclic) bond motifs is 1. The molecule has 2 aromatic rings. The first-order chi connectivity index (χ1) is 12.8. The van der Waals surface area contributed by atoms with Crippen LogP contribution in [0, 0.1) is 5.92 Å². The molecule has 0 radical (unpaired) electrons. The first-order valence-corrected chi connectivity index (χ1v) is 9.91. The summed E-state index contributed by atoms with van der Waals surface area (Å²) in [5, 5.41) is 14.5. The fourth-order valence-electron chi connectivity index (χ4n) is 3.75. The van der Waals surface area contributed by atoms with Crippen molar-refractivity contribution in [2.45, 2.75) is 58.1 Å². The number of aliphatic hydroxyl groups is 1. The van der Waals surface area contributed by atoms with Gasteiger partial charge in [0.15, 0.2) is 0 Å². The maximum absolute atomic E-state index is 12.6. The lowest BCUT2D eigenvalue weighted by Crippen LogP contribution is -2.41. The molecule has 1 aromatic carbocycles. The summed E-state index contributed by atoms with van der Waals surface area (Å²) in [7, 11) is 0. The molecule has 0 aliphatic heterocycles. The van der Waals surface area contributed by atoms with Crippen LogP contribution in [0.1, 0.15) is 56.8 Å². The molecule has 1 saturated carbocycles. The second kappa shape index (κ2) is 8.03. The third kappa shape index (κ3) is 4.53. The molecular weight excluding hydrogens is 364 g/mol. The summed E-state index contributed by atoms with van der Waals surface area (Å²) < 4.78 is 5.49. The zero-order chi connectivity index (χ0) is 19.6. The third-order valence-electron chi connectivity index (χ3n) is 5.38. The Labute approximate surface area is 165 Å². The number of carbonyl (C=O) groups excluding carboxylic acids is 1. The Morgan fingerprint density at radius 2 is 2.04 bits per heavy atom. The van der Waals surface area contributed by atoms with Gasteiger partial charge in [0.1, 0.15) is 10.8 Å². The number of hydrogen-bond donors (Lipinski definition) is 2. The van der Waals surface area contributed by atoms with Gasteiger partial charge in [-0.15, -0.1) is 0 Å². The zero-order valence-corrected chi connectivity index (χ0v) is 16.8. The molecule has 1 aromatic heterocycles. The predicted molar refractivity (Wildman–Crippen MR) is 107 cm³/mol. The van der Waals surface area contributed by atoms with Crippen molar-refractivity contribution in [3.63, 3.8) is 0 Å². The highest BCUT2D eigenvalue weighted by molar-refractivity contribution is 6.36. The van der Waals surface area contributed by atoms with Crippen molar-refractivity contribution in [2.75, 3.05) is 6.61 Å². The molecule has 1 aliphatic carbocycles. The number of rotatable bonds is 5. The van der Waals surface area contributed by atoms with E-state index in [-0.39, 0.29) is 17.9 Å². The quantitative estimate of drug-likeness (QED) is 0.796. The largest absolute Gasteiger partial charge is 0.492 e. The fourth-order valence-corrected chi connectivity index (χ4v) is 4.03. The van der Waals surface area contributed by atoms with Gasteiger partial charge in [-0.3, -0.25) is 9.78 Å². The van der Waals surface area contributed by atoms with Crippen LogP contribution in [0.5, 0.6) is 5.75 Å². The molecule has 5 nitrogen and oxygen atoms in total. The standard InChI is InChI=1S/C21H27ClN2O3/c1-4-27-17-10-5-13-11-14(12-23-19(13)18(17)22)20(25)24-16-8-6-15(7-9-16)21(2,3)26/h5,10-12,15-16,26H,4,6-9H2,1-3H3,(H,24,25). The summed E-state index contributed by atoms with van der Waals surface area (Å²) >= 11 is 6.35. The normalized spacial score (nSPS) is 20.5. The van der Waals surface area contributed by atoms with Gasteiger partial charge in [0, 0.05) is 17.6 Å². The van der Waals surface area contributed by atoms with E-state index in [1.54, 1.807) is 12.3 Å². The average Bonchev–Trinajstić information content (AvgIpc) is 2.63. The zero-order valence-electron chi connectivity index (χ0n) is 16.1. The van der Waals surface area contributed by atoms with Crippen LogP contribution < -0.4 is 10.1 Å². The Bertz CT molecular complexity index is 824. The minimum Gasteiger partial charge on any atom is -0.492 e. The number of benzene rings is 1. The topological polar surface area (TPSA) is 71.5 Å². The van der Waals surface area contributed by atoms with Crippen molar-refractivity contribution in [1.82, 2.24) is 10.3 Å². The first-order valence-electron chi connectivity index (χ1n) is 9.54. The smallest absolute Gasteiger partial charge is 0.253 e. The van der Waals surface area contributed by atoms with Gasteiger partial charge in [0.2, 0.25) is 0 Å². The van der Waals surface area contributed by atoms with Crippen molar-refractivity contribution in [3.8, 4) is 5.75 Å². The summed E-state index contributed by atoms with van der Waals surface area (Å²) in [5.74, 6) is 0.760. The minimum absolute atomic E-state index is 0.124. The average molecular weight is 391 g/mol. The van der Waals surface area contributed by atoms with Gasteiger partial charge in [-0.2, -0.15) is 0 Å². The Hall–Kier alpha value is -1.85. The van der Waals surface area contributed by atoms with E-state index in [1.807, 2.05) is 32.9 Å². The number of nitrogens with one attached hydrogen (secondary N) is 1. The van der Waals surface area contributed by atoms with Gasteiger partial charge >= 0.3 is 0 Å². The summed E-state index contributed by atoms with van der Waals surface area (Å²) in [6.45, 7) is 6.15. The number of nitrogens with zero attached hydrogens (tertiary/aromatic N) is 1. The lowest BCUT2D eigenvalue weighted by Gasteiger charge is -2.36. The summed E-state index contributed by atoms with van der Waals surface area (Å²) in [5.41, 5.74) is 0.494. The first kappa shape index (κ1) is 19.9. The van der Waals surface area contributed by atoms with Crippen molar-refractivity contribution >= 4 is 28.4 Å². The van der Waals surface area contributed by atoms with E-state index >= 15 is 0 Å². The SMILES string of the molecule is CCOc1ccc2cc(C(=O)NC3CCC(C(C)(C)O)CC3)cnc2c1Cl. The number of amides is 1. The molecule has 2 N–H and O–H groups in total. The highest BCUT2D eigenvalue weighted by atomic mass is 35.5. The Morgan fingerprint density at radius 3 is 2.67 bits per heavy atom. The number of pyridine rings is 1. The third-order valence-corrected chi connectivity index (χ3v) is 5.74. The molecule has 1 amide bonds. The molecule has 27 heavy (non-hydrogen) atoms. The molecule has 3 rings (SSSR count). The summed E-state index contributed by atoms with van der Waals surface area (Å²) in [4.78, 5) is 17.0. The number of aromatic nitrogens is 1. The monoisotopic (exact) mass is 390 g/mol. The van der Waals surface area contributed by atoms with E-state index in [1.165, 1.54) is 0 Å². The van der Waals surface area contributed by atoms with Gasteiger partial charge < -0.3 is 15.2 Å². The van der Waals surface area contributed by atoms with Crippen LogP contribution in [0.15, 0.2) is 24.4 Å². The van der Waals surface area contributed by atoms with Crippen molar-refractivity contribution in [3.05, 3.63) is 35.0 Å². The van der Waals surface area contributed by atoms with Gasteiger partial charge in [-0.25, -0.2) is 0 Å². The molecule has 0 atom stereocenters. The lowest BCUT2D eigenvalue weighted by molar-refractivity contribution is -0.00257. The van der Waals surface area contributed by atoms with Crippen molar-refractivity contribution in [2.24, 2.45) is 5.92 Å². The molecule has 0 unspecified atom stereocenters. The number of halogens is 1. The Morgan fingerprint density at radius 1 is 1.33 bits per heavy atom. The van der Waals surface area contributed by atoms with Crippen molar-refractivity contribution in [1.29, 1.82) is 0 Å². The van der Waals surface area contributed by atoms with Gasteiger partial charge in [-0.05, 0) is 70.6 Å². The number of ether oxygens (including phenoxy) is 1. The van der Waals surface area contributed by atoms with E-state index in [2.05, 4.69) is 10.3 Å². The predicted octanol–water partition coefficient (Wildman–Crippen LogP) is 4.35. The molecule has 146 valence electrons. The molecule has 0 bridgehead atoms.